The van der Waals surface area contributed by atoms with Crippen LogP contribution in [0.25, 0.3) is 10.1 Å². The molecule has 2 atom stereocenters. The maximum absolute atomic E-state index is 14.1. The second-order valence-corrected chi connectivity index (χ2v) is 6.78. The van der Waals surface area contributed by atoms with Crippen LogP contribution in [0.3, 0.4) is 0 Å². The van der Waals surface area contributed by atoms with Crippen molar-refractivity contribution in [3.63, 3.8) is 0 Å². The van der Waals surface area contributed by atoms with E-state index >= 15 is 0 Å². The molecule has 1 aliphatic carbocycles. The average molecular weight is 307 g/mol. The van der Waals surface area contributed by atoms with E-state index in [1.807, 2.05) is 0 Å². The van der Waals surface area contributed by atoms with E-state index in [0.29, 0.717) is 34.2 Å². The Bertz CT molecular complexity index is 682. The van der Waals surface area contributed by atoms with Gasteiger partial charge in [-0.15, -0.1) is 11.3 Å². The summed E-state index contributed by atoms with van der Waals surface area (Å²) >= 11 is 1.15. The molecular weight excluding hydrogens is 289 g/mol. The fourth-order valence-corrected chi connectivity index (χ4v) is 4.26. The van der Waals surface area contributed by atoms with Crippen molar-refractivity contribution < 1.29 is 14.3 Å². The molecule has 5 heteroatoms. The normalized spacial score (nSPS) is 22.0. The number of carboxylic acid groups (broad SMARTS) is 1. The van der Waals surface area contributed by atoms with E-state index in [2.05, 4.69) is 12.2 Å². The number of thiophene rings is 1. The van der Waals surface area contributed by atoms with Gasteiger partial charge in [-0.25, -0.2) is 9.18 Å². The van der Waals surface area contributed by atoms with Crippen LogP contribution >= 0.6 is 11.3 Å². The van der Waals surface area contributed by atoms with Gasteiger partial charge in [0.05, 0.1) is 0 Å². The lowest BCUT2D eigenvalue weighted by Crippen LogP contribution is -2.30. The fourth-order valence-electron chi connectivity index (χ4n) is 3.19. The molecule has 3 nitrogen and oxygen atoms in total. The molecule has 1 aromatic carbocycles. The Kier molecular flexibility index (Phi) is 3.95. The summed E-state index contributed by atoms with van der Waals surface area (Å²) in [5.74, 6) is -0.729. The Balaban J connectivity index is 1.95. The maximum atomic E-state index is 14.1. The SMILES string of the molecule is CC1CCCC1NCc1c(C(=O)O)sc2cccc(F)c12. The molecular formula is C16H18FNO2S. The topological polar surface area (TPSA) is 49.3 Å². The molecule has 3 rings (SSSR count). The molecule has 1 aliphatic rings. The van der Waals surface area contributed by atoms with Gasteiger partial charge in [-0.3, -0.25) is 0 Å². The minimum Gasteiger partial charge on any atom is -0.477 e. The largest absolute Gasteiger partial charge is 0.477 e. The molecule has 0 radical (unpaired) electrons. The summed E-state index contributed by atoms with van der Waals surface area (Å²) < 4.78 is 14.8. The van der Waals surface area contributed by atoms with Crippen LogP contribution in [0.2, 0.25) is 0 Å². The third-order valence-electron chi connectivity index (χ3n) is 4.36. The molecule has 0 aliphatic heterocycles. The number of rotatable bonds is 4. The van der Waals surface area contributed by atoms with Gasteiger partial charge < -0.3 is 10.4 Å². The average Bonchev–Trinajstić information content (AvgIpc) is 3.01. The number of benzene rings is 1. The van der Waals surface area contributed by atoms with Gasteiger partial charge in [-0.05, 0) is 30.9 Å². The number of aromatic carboxylic acids is 1. The molecule has 21 heavy (non-hydrogen) atoms. The second-order valence-electron chi connectivity index (χ2n) is 5.72. The minimum atomic E-state index is -0.980. The van der Waals surface area contributed by atoms with Gasteiger partial charge in [0.2, 0.25) is 0 Å². The zero-order valence-corrected chi connectivity index (χ0v) is 12.7. The number of nitrogens with one attached hydrogen (secondary N) is 1. The van der Waals surface area contributed by atoms with Crippen molar-refractivity contribution in [1.82, 2.24) is 5.32 Å². The summed E-state index contributed by atoms with van der Waals surface area (Å²) in [7, 11) is 0. The molecule has 2 N–H and O–H groups in total. The first kappa shape index (κ1) is 14.5. The summed E-state index contributed by atoms with van der Waals surface area (Å²) in [6, 6.07) is 5.18. The number of carbonyl (C=O) groups is 1. The van der Waals surface area contributed by atoms with E-state index in [0.717, 1.165) is 17.8 Å². The van der Waals surface area contributed by atoms with E-state index in [1.54, 1.807) is 12.1 Å². The Morgan fingerprint density at radius 3 is 2.95 bits per heavy atom. The smallest absolute Gasteiger partial charge is 0.346 e. The first-order valence-electron chi connectivity index (χ1n) is 7.24. The lowest BCUT2D eigenvalue weighted by molar-refractivity contribution is 0.0701. The van der Waals surface area contributed by atoms with Gasteiger partial charge >= 0.3 is 5.97 Å². The first-order valence-corrected chi connectivity index (χ1v) is 8.06. The molecule has 1 saturated carbocycles. The van der Waals surface area contributed by atoms with Crippen molar-refractivity contribution in [3.8, 4) is 0 Å². The predicted molar refractivity (Wildman–Crippen MR) is 82.4 cm³/mol. The molecule has 1 aromatic heterocycles. The van der Waals surface area contributed by atoms with Crippen LogP contribution in [0.1, 0.15) is 41.4 Å². The summed E-state index contributed by atoms with van der Waals surface area (Å²) in [5.41, 5.74) is 0.583. The minimum absolute atomic E-state index is 0.244. The predicted octanol–water partition coefficient (Wildman–Crippen LogP) is 4.02. The van der Waals surface area contributed by atoms with Gasteiger partial charge in [0.15, 0.2) is 0 Å². The molecule has 1 fully saturated rings. The van der Waals surface area contributed by atoms with Crippen molar-refractivity contribution in [2.45, 2.75) is 38.8 Å². The molecule has 2 aromatic rings. The van der Waals surface area contributed by atoms with Gasteiger partial charge in [0, 0.05) is 28.2 Å². The number of halogens is 1. The van der Waals surface area contributed by atoms with Gasteiger partial charge in [-0.2, -0.15) is 0 Å². The number of fused-ring (bicyclic) bond motifs is 1. The van der Waals surface area contributed by atoms with Crippen LogP contribution in [0, 0.1) is 11.7 Å². The zero-order chi connectivity index (χ0) is 15.0. The monoisotopic (exact) mass is 307 g/mol. The molecule has 112 valence electrons. The molecule has 0 bridgehead atoms. The van der Waals surface area contributed by atoms with E-state index in [9.17, 15) is 14.3 Å². The van der Waals surface area contributed by atoms with Crippen molar-refractivity contribution in [1.29, 1.82) is 0 Å². The molecule has 0 saturated heterocycles. The van der Waals surface area contributed by atoms with E-state index in [1.165, 1.54) is 18.9 Å². The number of hydrogen-bond donors (Lipinski definition) is 2. The number of hydrogen-bond acceptors (Lipinski definition) is 3. The highest BCUT2D eigenvalue weighted by Crippen LogP contribution is 2.34. The van der Waals surface area contributed by atoms with Crippen molar-refractivity contribution in [3.05, 3.63) is 34.5 Å². The lowest BCUT2D eigenvalue weighted by Gasteiger charge is -2.17. The van der Waals surface area contributed by atoms with Crippen LogP contribution in [0.5, 0.6) is 0 Å². The molecule has 0 spiro atoms. The third-order valence-corrected chi connectivity index (χ3v) is 5.55. The molecule has 2 unspecified atom stereocenters. The van der Waals surface area contributed by atoms with Crippen LogP contribution in [-0.4, -0.2) is 17.1 Å². The summed E-state index contributed by atoms with van der Waals surface area (Å²) in [6.45, 7) is 2.62. The van der Waals surface area contributed by atoms with Crippen LogP contribution < -0.4 is 5.32 Å². The van der Waals surface area contributed by atoms with Gasteiger partial charge in [-0.1, -0.05) is 19.4 Å². The van der Waals surface area contributed by atoms with Gasteiger partial charge in [0.25, 0.3) is 0 Å². The second kappa shape index (κ2) is 5.73. The van der Waals surface area contributed by atoms with E-state index in [-0.39, 0.29) is 10.7 Å². The Morgan fingerprint density at radius 1 is 1.48 bits per heavy atom. The zero-order valence-electron chi connectivity index (χ0n) is 11.9. The molecule has 0 amide bonds. The summed E-state index contributed by atoms with van der Waals surface area (Å²) in [5, 5.41) is 13.2. The maximum Gasteiger partial charge on any atom is 0.346 e. The lowest BCUT2D eigenvalue weighted by atomic mass is 10.1. The summed E-state index contributed by atoms with van der Waals surface area (Å²) in [4.78, 5) is 11.7. The Morgan fingerprint density at radius 2 is 2.29 bits per heavy atom. The van der Waals surface area contributed by atoms with Crippen LogP contribution in [-0.2, 0) is 6.54 Å². The standard InChI is InChI=1S/C16H18FNO2S/c1-9-4-2-6-12(9)18-8-10-14-11(17)5-3-7-13(14)21-15(10)16(19)20/h3,5,7,9,12,18H,2,4,6,8H2,1H3,(H,19,20). The third kappa shape index (κ3) is 2.68. The van der Waals surface area contributed by atoms with E-state index in [4.69, 9.17) is 0 Å². The Hall–Kier alpha value is -1.46. The van der Waals surface area contributed by atoms with Crippen molar-refractivity contribution in [2.24, 2.45) is 5.92 Å². The highest BCUT2D eigenvalue weighted by molar-refractivity contribution is 7.21. The van der Waals surface area contributed by atoms with Crippen LogP contribution in [0.4, 0.5) is 4.39 Å². The van der Waals surface area contributed by atoms with E-state index < -0.39 is 5.97 Å². The number of carboxylic acids is 1. The van der Waals surface area contributed by atoms with Gasteiger partial charge in [0.1, 0.15) is 10.7 Å². The quantitative estimate of drug-likeness (QED) is 0.897. The summed E-state index contributed by atoms with van der Waals surface area (Å²) in [6.07, 6.45) is 3.50. The highest BCUT2D eigenvalue weighted by atomic mass is 32.1. The van der Waals surface area contributed by atoms with Crippen molar-refractivity contribution >= 4 is 27.4 Å². The Labute approximate surface area is 126 Å². The highest BCUT2D eigenvalue weighted by Gasteiger charge is 2.25. The van der Waals surface area contributed by atoms with Crippen molar-refractivity contribution in [2.75, 3.05) is 0 Å². The fraction of sp³-hybridized carbons (Fsp3) is 0.438. The first-order chi connectivity index (χ1) is 10.1. The molecule has 1 heterocycles. The van der Waals surface area contributed by atoms with Crippen LogP contribution in [0.15, 0.2) is 18.2 Å².